The number of nitrogens with one attached hydrogen (secondary N) is 1. The SMILES string of the molecule is O=C(NCC1CN(c2ccc(Cl)cc2)C(=O)O1)c1ccnc(OC2CCSC2)c1. The summed E-state index contributed by atoms with van der Waals surface area (Å²) in [6.07, 6.45) is 1.81. The first kappa shape index (κ1) is 19.8. The van der Waals surface area contributed by atoms with Crippen molar-refractivity contribution in [1.29, 1.82) is 0 Å². The van der Waals surface area contributed by atoms with Crippen LogP contribution >= 0.6 is 23.4 Å². The highest BCUT2D eigenvalue weighted by atomic mass is 35.5. The lowest BCUT2D eigenvalue weighted by molar-refractivity contribution is 0.0915. The van der Waals surface area contributed by atoms with Crippen molar-refractivity contribution >= 4 is 41.1 Å². The molecule has 1 aromatic heterocycles. The number of anilines is 1. The van der Waals surface area contributed by atoms with Crippen LogP contribution in [0.25, 0.3) is 0 Å². The van der Waals surface area contributed by atoms with Crippen molar-refractivity contribution < 1.29 is 19.1 Å². The van der Waals surface area contributed by atoms with Crippen LogP contribution in [-0.2, 0) is 4.74 Å². The number of cyclic esters (lactones) is 1. The summed E-state index contributed by atoms with van der Waals surface area (Å²) in [6, 6.07) is 10.2. The van der Waals surface area contributed by atoms with Gasteiger partial charge in [-0.25, -0.2) is 9.78 Å². The van der Waals surface area contributed by atoms with Gasteiger partial charge in [0.2, 0.25) is 5.88 Å². The Morgan fingerprint density at radius 1 is 1.34 bits per heavy atom. The Balaban J connectivity index is 1.31. The van der Waals surface area contributed by atoms with E-state index in [1.165, 1.54) is 4.90 Å². The molecule has 2 amide bonds. The van der Waals surface area contributed by atoms with Crippen molar-refractivity contribution in [2.24, 2.45) is 0 Å². The van der Waals surface area contributed by atoms with Crippen LogP contribution in [0.15, 0.2) is 42.6 Å². The van der Waals surface area contributed by atoms with E-state index in [0.29, 0.717) is 28.7 Å². The van der Waals surface area contributed by atoms with Gasteiger partial charge in [-0.2, -0.15) is 11.8 Å². The molecule has 0 aliphatic carbocycles. The third-order valence-corrected chi connectivity index (χ3v) is 6.06. The fourth-order valence-electron chi connectivity index (χ4n) is 3.16. The van der Waals surface area contributed by atoms with E-state index < -0.39 is 12.2 Å². The van der Waals surface area contributed by atoms with E-state index in [-0.39, 0.29) is 18.6 Å². The van der Waals surface area contributed by atoms with E-state index in [2.05, 4.69) is 10.3 Å². The Morgan fingerprint density at radius 2 is 2.17 bits per heavy atom. The van der Waals surface area contributed by atoms with Crippen molar-refractivity contribution in [1.82, 2.24) is 10.3 Å². The molecular weight excluding hydrogens is 414 g/mol. The Bertz CT molecular complexity index is 890. The van der Waals surface area contributed by atoms with E-state index in [0.717, 1.165) is 17.9 Å². The molecule has 4 rings (SSSR count). The lowest BCUT2D eigenvalue weighted by Gasteiger charge is -2.14. The van der Waals surface area contributed by atoms with Gasteiger partial charge < -0.3 is 14.8 Å². The summed E-state index contributed by atoms with van der Waals surface area (Å²) in [4.78, 5) is 30.3. The van der Waals surface area contributed by atoms with E-state index in [9.17, 15) is 9.59 Å². The molecule has 2 fully saturated rings. The Labute approximate surface area is 177 Å². The zero-order valence-corrected chi connectivity index (χ0v) is 17.1. The quantitative estimate of drug-likeness (QED) is 0.752. The van der Waals surface area contributed by atoms with Gasteiger partial charge in [-0.15, -0.1) is 0 Å². The number of carbonyl (C=O) groups is 2. The average Bonchev–Trinajstić information content (AvgIpc) is 3.36. The second kappa shape index (κ2) is 8.92. The summed E-state index contributed by atoms with van der Waals surface area (Å²) < 4.78 is 11.2. The van der Waals surface area contributed by atoms with Crippen LogP contribution in [0.2, 0.25) is 5.02 Å². The fourth-order valence-corrected chi connectivity index (χ4v) is 4.38. The number of carbonyl (C=O) groups excluding carboxylic acids is 2. The third kappa shape index (κ3) is 4.94. The predicted octanol–water partition coefficient (Wildman–Crippen LogP) is 3.37. The smallest absolute Gasteiger partial charge is 0.414 e. The van der Waals surface area contributed by atoms with Crippen LogP contribution in [0.1, 0.15) is 16.8 Å². The van der Waals surface area contributed by atoms with Gasteiger partial charge in [0.05, 0.1) is 13.1 Å². The van der Waals surface area contributed by atoms with Crippen molar-refractivity contribution in [2.45, 2.75) is 18.6 Å². The van der Waals surface area contributed by atoms with Gasteiger partial charge in [0, 0.05) is 34.3 Å². The largest absolute Gasteiger partial charge is 0.473 e. The normalized spacial score (nSPS) is 21.1. The van der Waals surface area contributed by atoms with Crippen molar-refractivity contribution in [2.75, 3.05) is 29.5 Å². The molecule has 2 unspecified atom stereocenters. The Kier molecular flexibility index (Phi) is 6.10. The number of nitrogens with zero attached hydrogens (tertiary/aromatic N) is 2. The molecule has 9 heteroatoms. The third-order valence-electron chi connectivity index (χ3n) is 4.68. The molecule has 1 N–H and O–H groups in total. The lowest BCUT2D eigenvalue weighted by Crippen LogP contribution is -2.34. The monoisotopic (exact) mass is 433 g/mol. The maximum absolute atomic E-state index is 12.5. The zero-order chi connectivity index (χ0) is 20.2. The zero-order valence-electron chi connectivity index (χ0n) is 15.5. The van der Waals surface area contributed by atoms with Crippen molar-refractivity contribution in [3.05, 3.63) is 53.2 Å². The van der Waals surface area contributed by atoms with Gasteiger partial charge in [0.1, 0.15) is 12.2 Å². The number of rotatable bonds is 6. The van der Waals surface area contributed by atoms with Crippen LogP contribution in [0.5, 0.6) is 5.88 Å². The topological polar surface area (TPSA) is 80.8 Å². The van der Waals surface area contributed by atoms with Gasteiger partial charge in [0.15, 0.2) is 0 Å². The van der Waals surface area contributed by atoms with E-state index in [1.54, 1.807) is 42.6 Å². The molecule has 2 aliphatic rings. The molecule has 1 aromatic carbocycles. The van der Waals surface area contributed by atoms with Crippen LogP contribution in [0.4, 0.5) is 10.5 Å². The molecule has 29 heavy (non-hydrogen) atoms. The number of ether oxygens (including phenoxy) is 2. The number of benzene rings is 1. The predicted molar refractivity (Wildman–Crippen MR) is 112 cm³/mol. The number of halogens is 1. The fraction of sp³-hybridized carbons (Fsp3) is 0.350. The van der Waals surface area contributed by atoms with Crippen molar-refractivity contribution in [3.63, 3.8) is 0 Å². The maximum atomic E-state index is 12.5. The molecular formula is C20H20ClN3O4S. The molecule has 0 bridgehead atoms. The summed E-state index contributed by atoms with van der Waals surface area (Å²) in [7, 11) is 0. The maximum Gasteiger partial charge on any atom is 0.414 e. The molecule has 0 radical (unpaired) electrons. The molecule has 7 nitrogen and oxygen atoms in total. The second-order valence-electron chi connectivity index (χ2n) is 6.79. The number of hydrogen-bond donors (Lipinski definition) is 1. The highest BCUT2D eigenvalue weighted by Crippen LogP contribution is 2.24. The molecule has 3 heterocycles. The van der Waals surface area contributed by atoms with Gasteiger partial charge in [-0.1, -0.05) is 11.6 Å². The van der Waals surface area contributed by atoms with Crippen LogP contribution in [-0.4, -0.2) is 53.8 Å². The Hall–Kier alpha value is -2.45. The lowest BCUT2D eigenvalue weighted by atomic mass is 10.2. The first-order valence-corrected chi connectivity index (χ1v) is 10.8. The van der Waals surface area contributed by atoms with Gasteiger partial charge in [-0.3, -0.25) is 9.69 Å². The highest BCUT2D eigenvalue weighted by Gasteiger charge is 2.32. The van der Waals surface area contributed by atoms with Crippen LogP contribution < -0.4 is 15.0 Å². The van der Waals surface area contributed by atoms with E-state index in [4.69, 9.17) is 21.1 Å². The van der Waals surface area contributed by atoms with Crippen LogP contribution in [0.3, 0.4) is 0 Å². The van der Waals surface area contributed by atoms with Gasteiger partial charge in [0.25, 0.3) is 5.91 Å². The van der Waals surface area contributed by atoms with Gasteiger partial charge >= 0.3 is 6.09 Å². The standard InChI is InChI=1S/C20H20ClN3O4S/c21-14-1-3-15(4-2-14)24-11-17(28-20(24)26)10-23-19(25)13-5-7-22-18(9-13)27-16-6-8-29-12-16/h1-5,7,9,16-17H,6,8,10-12H2,(H,23,25). The highest BCUT2D eigenvalue weighted by molar-refractivity contribution is 7.99. The number of aromatic nitrogens is 1. The summed E-state index contributed by atoms with van der Waals surface area (Å²) in [5, 5.41) is 3.41. The summed E-state index contributed by atoms with van der Waals surface area (Å²) >= 11 is 7.74. The molecule has 152 valence electrons. The minimum atomic E-state index is -0.444. The van der Waals surface area contributed by atoms with Gasteiger partial charge in [-0.05, 0) is 42.5 Å². The number of pyridine rings is 1. The summed E-state index contributed by atoms with van der Waals surface area (Å²) in [6.45, 7) is 0.567. The minimum Gasteiger partial charge on any atom is -0.473 e. The summed E-state index contributed by atoms with van der Waals surface area (Å²) in [5.74, 6) is 2.21. The molecule has 2 saturated heterocycles. The second-order valence-corrected chi connectivity index (χ2v) is 8.38. The minimum absolute atomic E-state index is 0.141. The summed E-state index contributed by atoms with van der Waals surface area (Å²) in [5.41, 5.74) is 1.16. The average molecular weight is 434 g/mol. The number of thioether (sulfide) groups is 1. The molecule has 2 aliphatic heterocycles. The number of amides is 2. The van der Waals surface area contributed by atoms with E-state index in [1.807, 2.05) is 11.8 Å². The molecule has 0 saturated carbocycles. The Morgan fingerprint density at radius 3 is 2.93 bits per heavy atom. The van der Waals surface area contributed by atoms with Crippen LogP contribution in [0, 0.1) is 0 Å². The van der Waals surface area contributed by atoms with Crippen molar-refractivity contribution in [3.8, 4) is 5.88 Å². The number of hydrogen-bond acceptors (Lipinski definition) is 6. The molecule has 2 aromatic rings. The first-order valence-electron chi connectivity index (χ1n) is 9.31. The molecule has 2 atom stereocenters. The molecule has 0 spiro atoms. The van der Waals surface area contributed by atoms with E-state index >= 15 is 0 Å². The first-order chi connectivity index (χ1) is 14.1.